The smallest absolute Gasteiger partial charge is 0.255 e. The Kier molecular flexibility index (Phi) is 5.98. The number of sulfonamides is 2. The second-order valence-corrected chi connectivity index (χ2v) is 8.92. The standard InChI is InChI=1S/C17H14N4O4S2/c1-13-5-4-6-15(9-13)26(22,23)21-27(24,25)17-8-3-2-7-16(17)20-12-14(10-18)11-19/h2-9,12,20-21H,1H3. The van der Waals surface area contributed by atoms with E-state index >= 15 is 0 Å². The van der Waals surface area contributed by atoms with E-state index in [2.05, 4.69) is 5.32 Å². The Morgan fingerprint density at radius 1 is 0.963 bits per heavy atom. The molecule has 2 aromatic carbocycles. The SMILES string of the molecule is Cc1cccc(S(=O)(=O)NS(=O)(=O)c2ccccc2NC=C(C#N)C#N)c1. The van der Waals surface area contributed by atoms with E-state index in [4.69, 9.17) is 10.5 Å². The monoisotopic (exact) mass is 402 g/mol. The molecule has 0 saturated heterocycles. The number of anilines is 1. The van der Waals surface area contributed by atoms with Gasteiger partial charge in [-0.2, -0.15) is 10.5 Å². The van der Waals surface area contributed by atoms with Crippen molar-refractivity contribution >= 4 is 25.7 Å². The van der Waals surface area contributed by atoms with Gasteiger partial charge in [-0.3, -0.25) is 0 Å². The highest BCUT2D eigenvalue weighted by atomic mass is 32.3. The van der Waals surface area contributed by atoms with Gasteiger partial charge in [0, 0.05) is 6.20 Å². The lowest BCUT2D eigenvalue weighted by atomic mass is 10.2. The Labute approximate surface area is 157 Å². The molecule has 0 aliphatic carbocycles. The van der Waals surface area contributed by atoms with Crippen LogP contribution in [-0.2, 0) is 20.0 Å². The molecule has 0 heterocycles. The van der Waals surface area contributed by atoms with Crippen LogP contribution in [0.5, 0.6) is 0 Å². The van der Waals surface area contributed by atoms with Gasteiger partial charge in [-0.1, -0.05) is 24.3 Å². The third kappa shape index (κ3) is 4.92. The van der Waals surface area contributed by atoms with Crippen molar-refractivity contribution in [2.24, 2.45) is 0 Å². The van der Waals surface area contributed by atoms with Crippen LogP contribution < -0.4 is 9.44 Å². The van der Waals surface area contributed by atoms with Gasteiger partial charge >= 0.3 is 0 Å². The van der Waals surface area contributed by atoms with Gasteiger partial charge in [0.1, 0.15) is 22.6 Å². The predicted octanol–water partition coefficient (Wildman–Crippen LogP) is 2.01. The first-order chi connectivity index (χ1) is 12.7. The second kappa shape index (κ2) is 8.01. The van der Waals surface area contributed by atoms with Gasteiger partial charge in [-0.25, -0.2) is 16.8 Å². The normalized spacial score (nSPS) is 11.1. The molecule has 0 spiro atoms. The summed E-state index contributed by atoms with van der Waals surface area (Å²) in [7, 11) is -8.80. The maximum atomic E-state index is 12.6. The van der Waals surface area contributed by atoms with Gasteiger partial charge in [0.15, 0.2) is 0 Å². The first-order valence-corrected chi connectivity index (χ1v) is 10.4. The van der Waals surface area contributed by atoms with E-state index in [0.717, 1.165) is 6.20 Å². The summed E-state index contributed by atoms with van der Waals surface area (Å²) in [6.07, 6.45) is 1.03. The highest BCUT2D eigenvalue weighted by Gasteiger charge is 2.26. The summed E-state index contributed by atoms with van der Waals surface area (Å²) in [5.41, 5.74) is 0.387. The van der Waals surface area contributed by atoms with Gasteiger partial charge in [-0.15, -0.1) is 4.13 Å². The van der Waals surface area contributed by atoms with E-state index < -0.39 is 20.0 Å². The molecule has 8 nitrogen and oxygen atoms in total. The van der Waals surface area contributed by atoms with E-state index in [9.17, 15) is 16.8 Å². The highest BCUT2D eigenvalue weighted by molar-refractivity contribution is 8.04. The summed E-state index contributed by atoms with van der Waals surface area (Å²) in [4.78, 5) is -0.541. The summed E-state index contributed by atoms with van der Waals surface area (Å²) >= 11 is 0. The van der Waals surface area contributed by atoms with Crippen molar-refractivity contribution in [3.05, 3.63) is 65.9 Å². The fourth-order valence-corrected chi connectivity index (χ4v) is 5.25. The van der Waals surface area contributed by atoms with Crippen LogP contribution in [0.4, 0.5) is 5.69 Å². The Morgan fingerprint density at radius 3 is 2.26 bits per heavy atom. The van der Waals surface area contributed by atoms with E-state index in [-0.39, 0.29) is 21.1 Å². The highest BCUT2D eigenvalue weighted by Crippen LogP contribution is 2.22. The molecule has 0 amide bonds. The molecule has 0 unspecified atom stereocenters. The molecule has 2 rings (SSSR count). The zero-order chi connectivity index (χ0) is 20.1. The molecule has 0 atom stereocenters. The van der Waals surface area contributed by atoms with Crippen LogP contribution in [0, 0.1) is 29.6 Å². The zero-order valence-corrected chi connectivity index (χ0v) is 15.7. The van der Waals surface area contributed by atoms with Crippen molar-refractivity contribution in [3.63, 3.8) is 0 Å². The zero-order valence-electron chi connectivity index (χ0n) is 14.0. The molecule has 0 aromatic heterocycles. The summed E-state index contributed by atoms with van der Waals surface area (Å²) in [5.74, 6) is 0. The second-order valence-electron chi connectivity index (χ2n) is 5.33. The quantitative estimate of drug-likeness (QED) is 0.704. The van der Waals surface area contributed by atoms with Crippen molar-refractivity contribution in [2.75, 3.05) is 5.32 Å². The van der Waals surface area contributed by atoms with Gasteiger partial charge in [-0.05, 0) is 36.8 Å². The van der Waals surface area contributed by atoms with Gasteiger partial charge in [0.05, 0.1) is 10.6 Å². The average molecular weight is 402 g/mol. The minimum absolute atomic E-state index is 0.00689. The lowest BCUT2D eigenvalue weighted by Crippen LogP contribution is -2.31. The van der Waals surface area contributed by atoms with Crippen molar-refractivity contribution < 1.29 is 16.8 Å². The number of nitriles is 2. The van der Waals surface area contributed by atoms with Crippen molar-refractivity contribution in [1.29, 1.82) is 10.5 Å². The maximum Gasteiger partial charge on any atom is 0.255 e. The minimum Gasteiger partial charge on any atom is -0.359 e. The molecular weight excluding hydrogens is 388 g/mol. The number of nitrogens with zero attached hydrogens (tertiary/aromatic N) is 2. The summed E-state index contributed by atoms with van der Waals surface area (Å²) in [5, 5.41) is 20.0. The van der Waals surface area contributed by atoms with E-state index in [1.165, 1.54) is 42.5 Å². The number of nitrogens with one attached hydrogen (secondary N) is 2. The van der Waals surface area contributed by atoms with Crippen molar-refractivity contribution in [1.82, 2.24) is 4.13 Å². The predicted molar refractivity (Wildman–Crippen MR) is 98.1 cm³/mol. The summed E-state index contributed by atoms with van der Waals surface area (Å²) < 4.78 is 51.8. The van der Waals surface area contributed by atoms with Crippen LogP contribution in [0.1, 0.15) is 5.56 Å². The number of hydrogen-bond donors (Lipinski definition) is 2. The summed E-state index contributed by atoms with van der Waals surface area (Å²) in [6.45, 7) is 1.68. The van der Waals surface area contributed by atoms with Crippen LogP contribution in [-0.4, -0.2) is 16.8 Å². The topological polar surface area (TPSA) is 140 Å². The molecule has 27 heavy (non-hydrogen) atoms. The lowest BCUT2D eigenvalue weighted by Gasteiger charge is -2.12. The molecule has 0 radical (unpaired) electrons. The number of aryl methyl sites for hydroxylation is 1. The molecular formula is C17H14N4O4S2. The van der Waals surface area contributed by atoms with Crippen LogP contribution in [0.15, 0.2) is 70.1 Å². The Bertz CT molecular complexity index is 1170. The Morgan fingerprint density at radius 2 is 1.63 bits per heavy atom. The molecule has 2 aromatic rings. The van der Waals surface area contributed by atoms with Crippen LogP contribution in [0.25, 0.3) is 0 Å². The summed E-state index contributed by atoms with van der Waals surface area (Å²) in [6, 6.07) is 14.6. The largest absolute Gasteiger partial charge is 0.359 e. The molecule has 138 valence electrons. The van der Waals surface area contributed by atoms with Crippen LogP contribution >= 0.6 is 0 Å². The van der Waals surface area contributed by atoms with Gasteiger partial charge < -0.3 is 5.32 Å². The first-order valence-electron chi connectivity index (χ1n) is 7.41. The van der Waals surface area contributed by atoms with Gasteiger partial charge in [0.2, 0.25) is 0 Å². The molecule has 2 N–H and O–H groups in total. The first kappa shape index (κ1) is 20.1. The minimum atomic E-state index is -4.47. The fourth-order valence-electron chi connectivity index (χ4n) is 2.08. The van der Waals surface area contributed by atoms with E-state index in [1.54, 1.807) is 29.3 Å². The fraction of sp³-hybridized carbons (Fsp3) is 0.0588. The Balaban J connectivity index is 2.42. The van der Waals surface area contributed by atoms with Crippen molar-refractivity contribution in [2.45, 2.75) is 16.7 Å². The van der Waals surface area contributed by atoms with E-state index in [0.29, 0.717) is 5.56 Å². The number of para-hydroxylation sites is 1. The van der Waals surface area contributed by atoms with E-state index in [1.807, 2.05) is 0 Å². The number of allylic oxidation sites excluding steroid dienone is 1. The van der Waals surface area contributed by atoms with Crippen molar-refractivity contribution in [3.8, 4) is 12.1 Å². The number of hydrogen-bond acceptors (Lipinski definition) is 7. The molecule has 0 bridgehead atoms. The maximum absolute atomic E-state index is 12.6. The molecule has 0 aliphatic rings. The molecule has 0 aliphatic heterocycles. The van der Waals surface area contributed by atoms with Crippen LogP contribution in [0.3, 0.4) is 0 Å². The average Bonchev–Trinajstić information content (AvgIpc) is 2.62. The Hall–Kier alpha value is -3.18. The van der Waals surface area contributed by atoms with Gasteiger partial charge in [0.25, 0.3) is 20.0 Å². The molecule has 0 fully saturated rings. The third-order valence-electron chi connectivity index (χ3n) is 3.31. The molecule has 10 heteroatoms. The number of rotatable bonds is 6. The number of benzene rings is 2. The lowest BCUT2D eigenvalue weighted by molar-refractivity contribution is 0.577. The molecule has 0 saturated carbocycles. The third-order valence-corrected chi connectivity index (χ3v) is 6.87. The van der Waals surface area contributed by atoms with Crippen LogP contribution in [0.2, 0.25) is 0 Å².